The molecule has 2 atom stereocenters. The second kappa shape index (κ2) is 9.89. The van der Waals surface area contributed by atoms with E-state index in [2.05, 4.69) is 36.5 Å². The molecule has 1 saturated carbocycles. The Hall–Kier alpha value is -3.69. The number of hydrogen-bond acceptors (Lipinski definition) is 6. The number of benzene rings is 1. The fourth-order valence-electron chi connectivity index (χ4n) is 5.75. The van der Waals surface area contributed by atoms with E-state index in [9.17, 15) is 19.2 Å². The van der Waals surface area contributed by atoms with E-state index in [1.54, 1.807) is 10.7 Å². The molecule has 1 aliphatic carbocycles. The summed E-state index contributed by atoms with van der Waals surface area (Å²) in [5.41, 5.74) is 0.173. The molecule has 2 aliphatic rings. The molecule has 1 aromatic carbocycles. The lowest BCUT2D eigenvalue weighted by atomic mass is 9.64. The fraction of sp³-hybridized carbons (Fsp3) is 0.536. The smallest absolute Gasteiger partial charge is 0.326 e. The Bertz CT molecular complexity index is 1250. The van der Waals surface area contributed by atoms with Gasteiger partial charge in [-0.2, -0.15) is 5.10 Å². The van der Waals surface area contributed by atoms with Crippen molar-refractivity contribution in [2.45, 2.75) is 71.8 Å². The summed E-state index contributed by atoms with van der Waals surface area (Å²) in [5, 5.41) is 10.2. The number of aromatic nitrogens is 2. The second-order valence-electron chi connectivity index (χ2n) is 12.4. The first-order valence-corrected chi connectivity index (χ1v) is 12.9. The van der Waals surface area contributed by atoms with E-state index in [0.29, 0.717) is 18.7 Å². The molecule has 1 aliphatic heterocycles. The van der Waals surface area contributed by atoms with Gasteiger partial charge in [0.1, 0.15) is 17.9 Å². The molecule has 2 aromatic rings. The van der Waals surface area contributed by atoms with Crippen molar-refractivity contribution >= 4 is 29.6 Å². The molecule has 204 valence electrons. The number of amides is 4. The van der Waals surface area contributed by atoms with Gasteiger partial charge in [0, 0.05) is 11.5 Å². The maximum atomic E-state index is 13.2. The molecule has 10 nitrogen and oxygen atoms in total. The highest BCUT2D eigenvalue weighted by atomic mass is 16.5. The van der Waals surface area contributed by atoms with Crippen LogP contribution in [0.4, 0.5) is 10.6 Å². The molecule has 0 unspecified atom stereocenters. The minimum absolute atomic E-state index is 0.117. The Balaban J connectivity index is 1.38. The molecule has 0 bridgehead atoms. The van der Waals surface area contributed by atoms with Crippen LogP contribution in [0.25, 0.3) is 5.69 Å². The van der Waals surface area contributed by atoms with Crippen molar-refractivity contribution in [2.24, 2.45) is 11.3 Å². The lowest BCUT2D eigenvalue weighted by Crippen LogP contribution is -2.54. The number of ether oxygens (including phenoxy) is 1. The Kier molecular flexibility index (Phi) is 7.11. The van der Waals surface area contributed by atoms with E-state index in [1.807, 2.05) is 51.1 Å². The van der Waals surface area contributed by atoms with Crippen molar-refractivity contribution in [3.8, 4) is 5.69 Å². The number of rotatable bonds is 6. The van der Waals surface area contributed by atoms with Crippen LogP contribution >= 0.6 is 0 Å². The molecule has 2 N–H and O–H groups in total. The molecule has 0 radical (unpaired) electrons. The molecule has 1 saturated heterocycles. The molecule has 1 aromatic heterocycles. The maximum absolute atomic E-state index is 13.2. The van der Waals surface area contributed by atoms with Crippen LogP contribution in [0.1, 0.15) is 66.5 Å². The van der Waals surface area contributed by atoms with Gasteiger partial charge in [-0.1, -0.05) is 59.7 Å². The monoisotopic (exact) mass is 523 g/mol. The predicted molar refractivity (Wildman–Crippen MR) is 142 cm³/mol. The van der Waals surface area contributed by atoms with E-state index in [0.717, 1.165) is 22.7 Å². The average Bonchev–Trinajstić information content (AvgIpc) is 3.32. The molecular formula is C28H37N5O5. The number of carbonyl (C=O) groups excluding carboxylic acids is 4. The molecular weight excluding hydrogens is 486 g/mol. The van der Waals surface area contributed by atoms with Gasteiger partial charge in [0.25, 0.3) is 11.8 Å². The molecule has 2 heterocycles. The topological polar surface area (TPSA) is 123 Å². The fourth-order valence-corrected chi connectivity index (χ4v) is 5.75. The van der Waals surface area contributed by atoms with E-state index < -0.39 is 42.5 Å². The number of para-hydroxylation sites is 1. The SMILES string of the molecule is C[C@H]1CC(C)(C)C[C@]2(C1)NC(=O)N(CC(=O)OCC(=O)Nc1cc(C(C)(C)C)nn1-c1ccccc1)C2=O. The maximum Gasteiger partial charge on any atom is 0.326 e. The molecule has 4 amide bonds. The first kappa shape index (κ1) is 27.3. The van der Waals surface area contributed by atoms with Gasteiger partial charge in [-0.3, -0.25) is 19.3 Å². The van der Waals surface area contributed by atoms with Crippen LogP contribution in [-0.4, -0.2) is 57.2 Å². The van der Waals surface area contributed by atoms with Crippen molar-refractivity contribution in [3.05, 3.63) is 42.1 Å². The van der Waals surface area contributed by atoms with E-state index >= 15 is 0 Å². The molecule has 1 spiro atoms. The highest BCUT2D eigenvalue weighted by molar-refractivity contribution is 6.09. The van der Waals surface area contributed by atoms with Crippen LogP contribution in [0.3, 0.4) is 0 Å². The largest absolute Gasteiger partial charge is 0.454 e. The highest BCUT2D eigenvalue weighted by Gasteiger charge is 2.56. The van der Waals surface area contributed by atoms with Crippen LogP contribution in [0.2, 0.25) is 0 Å². The van der Waals surface area contributed by atoms with Crippen molar-refractivity contribution in [1.82, 2.24) is 20.0 Å². The summed E-state index contributed by atoms with van der Waals surface area (Å²) in [6.45, 7) is 11.2. The van der Waals surface area contributed by atoms with Crippen molar-refractivity contribution in [2.75, 3.05) is 18.5 Å². The number of carbonyl (C=O) groups is 4. The summed E-state index contributed by atoms with van der Waals surface area (Å²) in [7, 11) is 0. The average molecular weight is 524 g/mol. The summed E-state index contributed by atoms with van der Waals surface area (Å²) in [5.74, 6) is -1.12. The van der Waals surface area contributed by atoms with Gasteiger partial charge in [0.05, 0.1) is 11.4 Å². The second-order valence-corrected chi connectivity index (χ2v) is 12.4. The Labute approximate surface area is 223 Å². The zero-order chi connectivity index (χ0) is 27.9. The van der Waals surface area contributed by atoms with E-state index in [-0.39, 0.29) is 16.7 Å². The van der Waals surface area contributed by atoms with Gasteiger partial charge in [0.2, 0.25) is 0 Å². The zero-order valence-electron chi connectivity index (χ0n) is 23.0. The van der Waals surface area contributed by atoms with Crippen molar-refractivity contribution in [1.29, 1.82) is 0 Å². The number of nitrogens with one attached hydrogen (secondary N) is 2. The third kappa shape index (κ3) is 5.74. The number of imide groups is 1. The van der Waals surface area contributed by atoms with Gasteiger partial charge >= 0.3 is 12.0 Å². The number of anilines is 1. The normalized spacial score (nSPS) is 22.9. The number of urea groups is 1. The summed E-state index contributed by atoms with van der Waals surface area (Å²) >= 11 is 0. The van der Waals surface area contributed by atoms with Gasteiger partial charge in [0.15, 0.2) is 6.61 Å². The first-order valence-electron chi connectivity index (χ1n) is 12.9. The summed E-state index contributed by atoms with van der Waals surface area (Å²) < 4.78 is 6.76. The van der Waals surface area contributed by atoms with Crippen LogP contribution in [-0.2, 0) is 24.5 Å². The summed E-state index contributed by atoms with van der Waals surface area (Å²) in [4.78, 5) is 52.0. The summed E-state index contributed by atoms with van der Waals surface area (Å²) in [6.07, 6.45) is 1.99. The number of nitrogens with zero attached hydrogens (tertiary/aromatic N) is 3. The number of hydrogen-bond donors (Lipinski definition) is 2. The quantitative estimate of drug-likeness (QED) is 0.439. The lowest BCUT2D eigenvalue weighted by molar-refractivity contribution is -0.150. The summed E-state index contributed by atoms with van der Waals surface area (Å²) in [6, 6.07) is 10.5. The van der Waals surface area contributed by atoms with Crippen LogP contribution < -0.4 is 10.6 Å². The van der Waals surface area contributed by atoms with Gasteiger partial charge < -0.3 is 15.4 Å². The third-order valence-electron chi connectivity index (χ3n) is 7.02. The first-order chi connectivity index (χ1) is 17.7. The van der Waals surface area contributed by atoms with Gasteiger partial charge in [-0.05, 0) is 42.7 Å². The molecule has 2 fully saturated rings. The van der Waals surface area contributed by atoms with E-state index in [4.69, 9.17) is 4.74 Å². The van der Waals surface area contributed by atoms with Crippen LogP contribution in [0.15, 0.2) is 36.4 Å². The Morgan fingerprint density at radius 1 is 1.16 bits per heavy atom. The molecule has 38 heavy (non-hydrogen) atoms. The van der Waals surface area contributed by atoms with Gasteiger partial charge in [-0.25, -0.2) is 9.48 Å². The van der Waals surface area contributed by atoms with Crippen molar-refractivity contribution in [3.63, 3.8) is 0 Å². The molecule has 10 heteroatoms. The van der Waals surface area contributed by atoms with Gasteiger partial charge in [-0.15, -0.1) is 0 Å². The Morgan fingerprint density at radius 2 is 1.84 bits per heavy atom. The van der Waals surface area contributed by atoms with Crippen molar-refractivity contribution < 1.29 is 23.9 Å². The highest BCUT2D eigenvalue weighted by Crippen LogP contribution is 2.46. The minimum atomic E-state index is -1.00. The standard InChI is InChI=1S/C28H37N5O5/c1-18-13-27(5,6)17-28(14-18)24(36)32(25(37)30-28)15-23(35)38-16-22(34)29-21-12-20(26(2,3)4)31-33(21)19-10-8-7-9-11-19/h7-12,18H,13-17H2,1-6H3,(H,29,34)(H,30,37)/t18-,28-/m0/s1. The zero-order valence-corrected chi connectivity index (χ0v) is 23.0. The number of esters is 1. The van der Waals surface area contributed by atoms with E-state index in [1.165, 1.54) is 0 Å². The third-order valence-corrected chi connectivity index (χ3v) is 7.02. The Morgan fingerprint density at radius 3 is 2.47 bits per heavy atom. The lowest BCUT2D eigenvalue weighted by Gasteiger charge is -2.43. The van der Waals surface area contributed by atoms with Crippen LogP contribution in [0.5, 0.6) is 0 Å². The molecule has 4 rings (SSSR count). The predicted octanol–water partition coefficient (Wildman–Crippen LogP) is 3.79. The van der Waals surface area contributed by atoms with Crippen LogP contribution in [0, 0.1) is 11.3 Å². The minimum Gasteiger partial charge on any atom is -0.454 e.